The van der Waals surface area contributed by atoms with Gasteiger partial charge in [-0.05, 0) is 31.5 Å². The largest absolute Gasteiger partial charge is 0.437 e. The Kier molecular flexibility index (Phi) is 4.42. The van der Waals surface area contributed by atoms with Gasteiger partial charge in [0.05, 0.1) is 6.54 Å². The van der Waals surface area contributed by atoms with Gasteiger partial charge in [-0.2, -0.15) is 0 Å². The molecule has 5 heteroatoms. The van der Waals surface area contributed by atoms with Gasteiger partial charge >= 0.3 is 0 Å². The monoisotopic (exact) mass is 321 g/mol. The zero-order valence-corrected chi connectivity index (χ0v) is 14.0. The molecule has 0 saturated carbocycles. The third-order valence-electron chi connectivity index (χ3n) is 3.71. The second-order valence-electron chi connectivity index (χ2n) is 5.86. The summed E-state index contributed by atoms with van der Waals surface area (Å²) in [5, 5.41) is 8.07. The minimum absolute atomic E-state index is 0.174. The molecule has 0 saturated heterocycles. The molecule has 0 atom stereocenters. The molecule has 3 rings (SSSR count). The highest BCUT2D eigenvalue weighted by molar-refractivity contribution is 5.94. The number of Topliss-reactive ketones (excluding diaryl/α,β-unsaturated/α-hetero) is 1. The van der Waals surface area contributed by atoms with Crippen molar-refractivity contribution in [2.24, 2.45) is 0 Å². The van der Waals surface area contributed by atoms with Gasteiger partial charge in [0, 0.05) is 6.92 Å². The topological polar surface area (TPSA) is 57.0 Å². The number of ether oxygens (including phenoxy) is 1. The lowest BCUT2D eigenvalue weighted by atomic mass is 10.1. The summed E-state index contributed by atoms with van der Waals surface area (Å²) < 4.78 is 7.52. The number of nitrogens with zero attached hydrogens (tertiary/aromatic N) is 3. The van der Waals surface area contributed by atoms with Gasteiger partial charge in [-0.15, -0.1) is 5.10 Å². The highest BCUT2D eigenvalue weighted by Gasteiger charge is 2.19. The molecule has 122 valence electrons. The van der Waals surface area contributed by atoms with Gasteiger partial charge in [-0.1, -0.05) is 52.7 Å². The molecule has 1 aromatic heterocycles. The van der Waals surface area contributed by atoms with E-state index in [1.54, 1.807) is 4.68 Å². The Morgan fingerprint density at radius 3 is 2.17 bits per heavy atom. The number of hydrogen-bond acceptors (Lipinski definition) is 4. The Morgan fingerprint density at radius 2 is 1.58 bits per heavy atom. The summed E-state index contributed by atoms with van der Waals surface area (Å²) in [6, 6.07) is 15.8. The van der Waals surface area contributed by atoms with Crippen LogP contribution in [0.25, 0.3) is 0 Å². The van der Waals surface area contributed by atoms with Crippen LogP contribution in [0.5, 0.6) is 11.6 Å². The first-order valence-corrected chi connectivity index (χ1v) is 7.77. The lowest BCUT2D eigenvalue weighted by Crippen LogP contribution is -2.05. The standard InChI is InChI=1S/C19H19N3O2/c1-13-4-8-16(9-5-13)12-22-19(18(15(3)23)20-21-22)24-17-10-6-14(2)7-11-17/h4-11H,12H2,1-3H3. The van der Waals surface area contributed by atoms with Gasteiger partial charge in [-0.3, -0.25) is 4.79 Å². The van der Waals surface area contributed by atoms with Gasteiger partial charge in [0.25, 0.3) is 0 Å². The number of benzene rings is 2. The molecular weight excluding hydrogens is 302 g/mol. The van der Waals surface area contributed by atoms with Crippen LogP contribution in [-0.2, 0) is 6.54 Å². The van der Waals surface area contributed by atoms with Crippen LogP contribution < -0.4 is 4.74 Å². The van der Waals surface area contributed by atoms with E-state index in [0.29, 0.717) is 18.2 Å². The minimum atomic E-state index is -0.174. The van der Waals surface area contributed by atoms with E-state index >= 15 is 0 Å². The van der Waals surface area contributed by atoms with Gasteiger partial charge in [-0.25, -0.2) is 4.68 Å². The van der Waals surface area contributed by atoms with E-state index in [-0.39, 0.29) is 11.5 Å². The van der Waals surface area contributed by atoms with Crippen molar-refractivity contribution >= 4 is 5.78 Å². The van der Waals surface area contributed by atoms with Crippen molar-refractivity contribution in [1.82, 2.24) is 15.0 Å². The minimum Gasteiger partial charge on any atom is -0.437 e. The van der Waals surface area contributed by atoms with E-state index < -0.39 is 0 Å². The van der Waals surface area contributed by atoms with E-state index in [4.69, 9.17) is 4.74 Å². The van der Waals surface area contributed by atoms with Crippen LogP contribution in [-0.4, -0.2) is 20.8 Å². The smallest absolute Gasteiger partial charge is 0.249 e. The quantitative estimate of drug-likeness (QED) is 0.668. The van der Waals surface area contributed by atoms with Gasteiger partial charge in [0.15, 0.2) is 11.5 Å². The first-order valence-electron chi connectivity index (χ1n) is 7.77. The van der Waals surface area contributed by atoms with Crippen molar-refractivity contribution in [3.05, 3.63) is 70.9 Å². The number of rotatable bonds is 5. The SMILES string of the molecule is CC(=O)c1nnn(Cc2ccc(C)cc2)c1Oc1ccc(C)cc1. The Labute approximate surface area is 140 Å². The van der Waals surface area contributed by atoms with Crippen LogP contribution in [0.1, 0.15) is 34.1 Å². The molecule has 0 fully saturated rings. The average Bonchev–Trinajstić information content (AvgIpc) is 2.94. The van der Waals surface area contributed by atoms with Gasteiger partial charge in [0.1, 0.15) is 5.75 Å². The van der Waals surface area contributed by atoms with Crippen LogP contribution in [0.3, 0.4) is 0 Å². The fourth-order valence-corrected chi connectivity index (χ4v) is 2.31. The first kappa shape index (κ1) is 15.9. The maximum atomic E-state index is 11.8. The molecule has 0 bridgehead atoms. The Balaban J connectivity index is 1.93. The molecule has 0 N–H and O–H groups in total. The molecule has 0 amide bonds. The normalized spacial score (nSPS) is 10.6. The van der Waals surface area contributed by atoms with E-state index in [1.165, 1.54) is 12.5 Å². The molecule has 3 aromatic rings. The Hall–Kier alpha value is -2.95. The Bertz CT molecular complexity index is 849. The predicted molar refractivity (Wildman–Crippen MR) is 91.6 cm³/mol. The third-order valence-corrected chi connectivity index (χ3v) is 3.71. The fourth-order valence-electron chi connectivity index (χ4n) is 2.31. The van der Waals surface area contributed by atoms with E-state index in [2.05, 4.69) is 10.3 Å². The number of ketones is 1. The molecule has 0 aliphatic carbocycles. The maximum Gasteiger partial charge on any atom is 0.249 e. The van der Waals surface area contributed by atoms with Crippen molar-refractivity contribution < 1.29 is 9.53 Å². The van der Waals surface area contributed by atoms with Crippen LogP contribution in [0.2, 0.25) is 0 Å². The number of aromatic nitrogens is 3. The highest BCUT2D eigenvalue weighted by atomic mass is 16.5. The molecule has 24 heavy (non-hydrogen) atoms. The molecule has 0 spiro atoms. The third kappa shape index (κ3) is 3.51. The molecule has 0 radical (unpaired) electrons. The lowest BCUT2D eigenvalue weighted by Gasteiger charge is -2.09. The van der Waals surface area contributed by atoms with Crippen LogP contribution in [0.4, 0.5) is 0 Å². The number of carbonyl (C=O) groups is 1. The zero-order chi connectivity index (χ0) is 17.1. The number of carbonyl (C=O) groups excluding carboxylic acids is 1. The van der Waals surface area contributed by atoms with Gasteiger partial charge in [0.2, 0.25) is 5.88 Å². The van der Waals surface area contributed by atoms with Crippen LogP contribution in [0, 0.1) is 13.8 Å². The summed E-state index contributed by atoms with van der Waals surface area (Å²) in [6.07, 6.45) is 0. The predicted octanol–water partition coefficient (Wildman–Crippen LogP) is 3.94. The fraction of sp³-hybridized carbons (Fsp3) is 0.211. The molecule has 0 unspecified atom stereocenters. The lowest BCUT2D eigenvalue weighted by molar-refractivity contribution is 0.101. The zero-order valence-electron chi connectivity index (χ0n) is 14.0. The number of aryl methyl sites for hydroxylation is 2. The highest BCUT2D eigenvalue weighted by Crippen LogP contribution is 2.25. The molecule has 2 aromatic carbocycles. The maximum absolute atomic E-state index is 11.8. The first-order chi connectivity index (χ1) is 11.5. The molecule has 0 aliphatic rings. The average molecular weight is 321 g/mol. The molecule has 0 aliphatic heterocycles. The van der Waals surface area contributed by atoms with E-state index in [1.807, 2.05) is 62.4 Å². The summed E-state index contributed by atoms with van der Waals surface area (Å²) in [5.41, 5.74) is 3.63. The Morgan fingerprint density at radius 1 is 1.00 bits per heavy atom. The second kappa shape index (κ2) is 6.66. The van der Waals surface area contributed by atoms with Crippen LogP contribution >= 0.6 is 0 Å². The van der Waals surface area contributed by atoms with Crippen LogP contribution in [0.15, 0.2) is 48.5 Å². The van der Waals surface area contributed by atoms with Crippen molar-refractivity contribution in [1.29, 1.82) is 0 Å². The van der Waals surface area contributed by atoms with Crippen molar-refractivity contribution in [2.75, 3.05) is 0 Å². The van der Waals surface area contributed by atoms with E-state index in [9.17, 15) is 4.79 Å². The summed E-state index contributed by atoms with van der Waals surface area (Å²) in [7, 11) is 0. The van der Waals surface area contributed by atoms with Crippen molar-refractivity contribution in [3.63, 3.8) is 0 Å². The van der Waals surface area contributed by atoms with Gasteiger partial charge < -0.3 is 4.74 Å². The summed E-state index contributed by atoms with van der Waals surface area (Å²) in [5.74, 6) is 0.842. The molecule has 5 nitrogen and oxygen atoms in total. The summed E-state index contributed by atoms with van der Waals surface area (Å²) in [6.45, 7) is 6.00. The number of hydrogen-bond donors (Lipinski definition) is 0. The van der Waals surface area contributed by atoms with Crippen molar-refractivity contribution in [3.8, 4) is 11.6 Å². The van der Waals surface area contributed by atoms with E-state index in [0.717, 1.165) is 11.1 Å². The second-order valence-corrected chi connectivity index (χ2v) is 5.86. The molecule has 1 heterocycles. The van der Waals surface area contributed by atoms with Crippen molar-refractivity contribution in [2.45, 2.75) is 27.3 Å². The molecular formula is C19H19N3O2. The summed E-state index contributed by atoms with van der Waals surface area (Å²) >= 11 is 0. The summed E-state index contributed by atoms with van der Waals surface area (Å²) in [4.78, 5) is 11.8.